The Morgan fingerprint density at radius 1 is 0.467 bits per heavy atom. The van der Waals surface area contributed by atoms with Crippen molar-refractivity contribution in [2.75, 3.05) is 0 Å². The maximum absolute atomic E-state index is 2.18. The van der Waals surface area contributed by atoms with Gasteiger partial charge in [-0.1, -0.05) is 60.7 Å². The summed E-state index contributed by atoms with van der Waals surface area (Å²) in [6.07, 6.45) is 0. The van der Waals surface area contributed by atoms with Gasteiger partial charge in [0.25, 0.3) is 0 Å². The van der Waals surface area contributed by atoms with Crippen LogP contribution in [-0.2, 0) is 0 Å². The summed E-state index contributed by atoms with van der Waals surface area (Å²) < 4.78 is 0. The van der Waals surface area contributed by atoms with Crippen LogP contribution in [0.25, 0.3) is 21.5 Å². The summed E-state index contributed by atoms with van der Waals surface area (Å²) in [5.41, 5.74) is 0. The fourth-order valence-electron chi connectivity index (χ4n) is 1.95. The molecule has 70 valence electrons. The van der Waals surface area contributed by atoms with Crippen LogP contribution in [0.15, 0.2) is 60.7 Å². The fourth-order valence-corrected chi connectivity index (χ4v) is 1.95. The first kappa shape index (κ1) is 11.3. The van der Waals surface area contributed by atoms with Gasteiger partial charge >= 0.3 is 49.4 Å². The van der Waals surface area contributed by atoms with Crippen LogP contribution in [-0.4, -0.2) is 0 Å². The van der Waals surface area contributed by atoms with Gasteiger partial charge in [0.1, 0.15) is 0 Å². The third kappa shape index (κ3) is 2.01. The number of hydrogen-bond acceptors (Lipinski definition) is 0. The first-order valence-electron chi connectivity index (χ1n) is 4.82. The van der Waals surface area contributed by atoms with E-state index in [1.54, 1.807) is 0 Å². The standard InChI is InChI=1S/C14H10.Eu/c1-3-7-13-11(5-1)9-10-12-6-2-4-8-14(12)13;/h1-10H;/q;+3. The Labute approximate surface area is 130 Å². The van der Waals surface area contributed by atoms with Crippen LogP contribution in [0.4, 0.5) is 0 Å². The zero-order valence-corrected chi connectivity index (χ0v) is 10.6. The third-order valence-corrected chi connectivity index (χ3v) is 2.65. The average molecular weight is 330 g/mol. The number of fused-ring (bicyclic) bond motifs is 3. The number of rotatable bonds is 0. The van der Waals surface area contributed by atoms with Crippen molar-refractivity contribution in [3.05, 3.63) is 60.7 Å². The smallest absolute Gasteiger partial charge is 0.0616 e. The molecule has 0 unspecified atom stereocenters. The molecule has 0 saturated heterocycles. The maximum atomic E-state index is 2.18. The van der Waals surface area contributed by atoms with Gasteiger partial charge in [0.15, 0.2) is 0 Å². The van der Waals surface area contributed by atoms with Crippen molar-refractivity contribution in [1.29, 1.82) is 0 Å². The van der Waals surface area contributed by atoms with Crippen LogP contribution >= 0.6 is 0 Å². The second kappa shape index (κ2) is 4.73. The minimum Gasteiger partial charge on any atom is -0.0616 e. The van der Waals surface area contributed by atoms with Crippen LogP contribution in [0.5, 0.6) is 0 Å². The zero-order chi connectivity index (χ0) is 9.38. The molecular formula is C14H10Eu+3. The molecule has 3 aromatic carbocycles. The van der Waals surface area contributed by atoms with Gasteiger partial charge in [0.2, 0.25) is 0 Å². The average Bonchev–Trinajstić information content (AvgIpc) is 2.29. The Bertz CT molecular complexity index is 544. The molecule has 0 aromatic heterocycles. The Hall–Kier alpha value is -0.236. The minimum atomic E-state index is 0. The van der Waals surface area contributed by atoms with E-state index in [9.17, 15) is 0 Å². The zero-order valence-electron chi connectivity index (χ0n) is 8.15. The van der Waals surface area contributed by atoms with Gasteiger partial charge in [-0.25, -0.2) is 0 Å². The molecule has 0 saturated carbocycles. The van der Waals surface area contributed by atoms with Crippen molar-refractivity contribution in [2.45, 2.75) is 0 Å². The largest absolute Gasteiger partial charge is 3.00 e. The normalized spacial score (nSPS) is 10.1. The van der Waals surface area contributed by atoms with E-state index in [1.165, 1.54) is 21.5 Å². The molecule has 0 N–H and O–H groups in total. The number of hydrogen-bond donors (Lipinski definition) is 0. The molecule has 0 bridgehead atoms. The van der Waals surface area contributed by atoms with E-state index < -0.39 is 0 Å². The number of benzene rings is 3. The maximum Gasteiger partial charge on any atom is 3.00 e. The van der Waals surface area contributed by atoms with Gasteiger partial charge in [0.05, 0.1) is 0 Å². The second-order valence-electron chi connectivity index (χ2n) is 3.51. The Morgan fingerprint density at radius 3 is 1.33 bits per heavy atom. The monoisotopic (exact) mass is 331 g/mol. The van der Waals surface area contributed by atoms with Crippen LogP contribution < -0.4 is 0 Å². The molecule has 0 aliphatic carbocycles. The third-order valence-electron chi connectivity index (χ3n) is 2.65. The van der Waals surface area contributed by atoms with Gasteiger partial charge in [0, 0.05) is 0 Å². The predicted molar refractivity (Wildman–Crippen MR) is 61.5 cm³/mol. The molecular weight excluding hydrogens is 320 g/mol. The quantitative estimate of drug-likeness (QED) is 0.547. The van der Waals surface area contributed by atoms with E-state index in [0.717, 1.165) is 0 Å². The Kier molecular flexibility index (Phi) is 3.55. The van der Waals surface area contributed by atoms with Gasteiger partial charge in [-0.05, 0) is 21.5 Å². The summed E-state index contributed by atoms with van der Waals surface area (Å²) in [6, 6.07) is 21.4. The van der Waals surface area contributed by atoms with Crippen LogP contribution in [0.2, 0.25) is 0 Å². The second-order valence-corrected chi connectivity index (χ2v) is 3.51. The molecule has 0 spiro atoms. The van der Waals surface area contributed by atoms with E-state index in [0.29, 0.717) is 0 Å². The van der Waals surface area contributed by atoms with Crippen LogP contribution in [0.1, 0.15) is 0 Å². The summed E-state index contributed by atoms with van der Waals surface area (Å²) in [5, 5.41) is 5.30. The van der Waals surface area contributed by atoms with Crippen molar-refractivity contribution >= 4 is 21.5 Å². The van der Waals surface area contributed by atoms with Crippen molar-refractivity contribution in [3.63, 3.8) is 0 Å². The summed E-state index contributed by atoms with van der Waals surface area (Å²) in [4.78, 5) is 0. The van der Waals surface area contributed by atoms with Crippen molar-refractivity contribution in [2.24, 2.45) is 0 Å². The molecule has 0 aliphatic rings. The molecule has 0 fully saturated rings. The Balaban J connectivity index is 0.000000853. The van der Waals surface area contributed by atoms with E-state index in [1.807, 2.05) is 0 Å². The Morgan fingerprint density at radius 2 is 0.867 bits per heavy atom. The van der Waals surface area contributed by atoms with Gasteiger partial charge < -0.3 is 0 Å². The molecule has 1 heteroatoms. The van der Waals surface area contributed by atoms with E-state index >= 15 is 0 Å². The first-order valence-corrected chi connectivity index (χ1v) is 4.82. The topological polar surface area (TPSA) is 0 Å². The molecule has 0 atom stereocenters. The molecule has 0 amide bonds. The van der Waals surface area contributed by atoms with Crippen LogP contribution in [0, 0.1) is 49.4 Å². The van der Waals surface area contributed by atoms with Gasteiger partial charge in [-0.15, -0.1) is 0 Å². The molecule has 0 radical (unpaired) electrons. The first-order chi connectivity index (χ1) is 6.95. The fraction of sp³-hybridized carbons (Fsp3) is 0. The molecule has 3 aromatic rings. The minimum absolute atomic E-state index is 0. The molecule has 0 heterocycles. The molecule has 15 heavy (non-hydrogen) atoms. The van der Waals surface area contributed by atoms with Crippen molar-refractivity contribution < 1.29 is 49.4 Å². The molecule has 3 rings (SSSR count). The van der Waals surface area contributed by atoms with E-state index in [4.69, 9.17) is 0 Å². The predicted octanol–water partition coefficient (Wildman–Crippen LogP) is 3.99. The van der Waals surface area contributed by atoms with Crippen LogP contribution in [0.3, 0.4) is 0 Å². The summed E-state index contributed by atoms with van der Waals surface area (Å²) in [7, 11) is 0. The van der Waals surface area contributed by atoms with E-state index in [-0.39, 0.29) is 49.4 Å². The van der Waals surface area contributed by atoms with Crippen molar-refractivity contribution in [3.8, 4) is 0 Å². The summed E-state index contributed by atoms with van der Waals surface area (Å²) >= 11 is 0. The molecule has 0 aliphatic heterocycles. The SMILES string of the molecule is [Eu+3].c1ccc2c(c1)ccc1ccccc12. The van der Waals surface area contributed by atoms with Gasteiger partial charge in [-0.2, -0.15) is 0 Å². The summed E-state index contributed by atoms with van der Waals surface area (Å²) in [6.45, 7) is 0. The van der Waals surface area contributed by atoms with Gasteiger partial charge in [-0.3, -0.25) is 0 Å². The molecule has 0 nitrogen and oxygen atoms in total. The van der Waals surface area contributed by atoms with Crippen molar-refractivity contribution in [1.82, 2.24) is 0 Å². The van der Waals surface area contributed by atoms with E-state index in [2.05, 4.69) is 60.7 Å². The summed E-state index contributed by atoms with van der Waals surface area (Å²) in [5.74, 6) is 0.